The van der Waals surface area contributed by atoms with Crippen molar-refractivity contribution in [2.45, 2.75) is 25.8 Å². The zero-order chi connectivity index (χ0) is 14.7. The lowest BCUT2D eigenvalue weighted by atomic mass is 10.0. The Balaban J connectivity index is 1.96. The molecule has 1 N–H and O–H groups in total. The van der Waals surface area contributed by atoms with Gasteiger partial charge in [0.05, 0.1) is 5.92 Å². The van der Waals surface area contributed by atoms with Gasteiger partial charge in [0.2, 0.25) is 5.91 Å². The van der Waals surface area contributed by atoms with Crippen LogP contribution < -0.4 is 0 Å². The molecule has 20 heavy (non-hydrogen) atoms. The summed E-state index contributed by atoms with van der Waals surface area (Å²) in [5.74, 6) is -1.25. The molecule has 0 bridgehead atoms. The van der Waals surface area contributed by atoms with E-state index in [1.54, 1.807) is 11.9 Å². The Kier molecular flexibility index (Phi) is 4.81. The normalized spacial score (nSPS) is 21.7. The second-order valence-corrected chi connectivity index (χ2v) is 6.19. The summed E-state index contributed by atoms with van der Waals surface area (Å²) in [4.78, 5) is 25.0. The van der Waals surface area contributed by atoms with E-state index in [2.05, 4.69) is 15.9 Å². The molecule has 0 radical (unpaired) electrons. The smallest absolute Gasteiger partial charge is 0.306 e. The molecule has 0 saturated heterocycles. The number of carboxylic acids is 1. The number of carbonyl (C=O) groups excluding carboxylic acids is 1. The predicted octanol–water partition coefficient (Wildman–Crippen LogP) is 2.91. The molecule has 1 saturated carbocycles. The molecule has 5 heteroatoms. The fraction of sp³-hybridized carbons (Fsp3) is 0.467. The van der Waals surface area contributed by atoms with E-state index in [0.717, 1.165) is 10.0 Å². The van der Waals surface area contributed by atoms with Crippen molar-refractivity contribution >= 4 is 27.8 Å². The molecule has 1 aliphatic carbocycles. The number of nitrogens with zero attached hydrogens (tertiary/aromatic N) is 1. The van der Waals surface area contributed by atoms with Crippen LogP contribution in [-0.4, -0.2) is 28.9 Å². The van der Waals surface area contributed by atoms with Crippen LogP contribution in [0, 0.1) is 11.8 Å². The Morgan fingerprint density at radius 2 is 1.95 bits per heavy atom. The van der Waals surface area contributed by atoms with Crippen molar-refractivity contribution in [2.24, 2.45) is 11.8 Å². The van der Waals surface area contributed by atoms with Crippen molar-refractivity contribution in [3.63, 3.8) is 0 Å². The molecule has 2 unspecified atom stereocenters. The number of carbonyl (C=O) groups is 2. The molecule has 1 fully saturated rings. The van der Waals surface area contributed by atoms with Crippen LogP contribution in [0.1, 0.15) is 24.8 Å². The fourth-order valence-electron chi connectivity index (χ4n) is 2.70. The van der Waals surface area contributed by atoms with Crippen LogP contribution in [0.5, 0.6) is 0 Å². The average molecular weight is 340 g/mol. The number of aliphatic carboxylic acids is 1. The van der Waals surface area contributed by atoms with E-state index in [-0.39, 0.29) is 17.7 Å². The summed E-state index contributed by atoms with van der Waals surface area (Å²) in [6.07, 6.45) is 1.75. The standard InChI is InChI=1S/C15H18BrNO3/c1-17(9-12-4-2-3-5-13(12)16)14(18)10-6-7-11(8-10)15(19)20/h2-5,10-11H,6-9H2,1H3,(H,19,20). The molecule has 108 valence electrons. The highest BCUT2D eigenvalue weighted by atomic mass is 79.9. The van der Waals surface area contributed by atoms with Crippen molar-refractivity contribution in [2.75, 3.05) is 7.05 Å². The second kappa shape index (κ2) is 6.39. The third-order valence-electron chi connectivity index (χ3n) is 3.87. The summed E-state index contributed by atoms with van der Waals surface area (Å²) >= 11 is 3.47. The molecule has 0 heterocycles. The van der Waals surface area contributed by atoms with Crippen molar-refractivity contribution in [1.29, 1.82) is 0 Å². The monoisotopic (exact) mass is 339 g/mol. The third kappa shape index (κ3) is 3.39. The van der Waals surface area contributed by atoms with Crippen molar-refractivity contribution in [1.82, 2.24) is 4.90 Å². The molecule has 2 atom stereocenters. The lowest BCUT2D eigenvalue weighted by molar-refractivity contribution is -0.141. The summed E-state index contributed by atoms with van der Waals surface area (Å²) in [7, 11) is 1.77. The maximum Gasteiger partial charge on any atom is 0.306 e. The molecule has 2 rings (SSSR count). The van der Waals surface area contributed by atoms with Gasteiger partial charge in [-0.05, 0) is 30.9 Å². The van der Waals surface area contributed by atoms with E-state index in [9.17, 15) is 9.59 Å². The lowest BCUT2D eigenvalue weighted by Crippen LogP contribution is -2.31. The molecule has 1 aliphatic rings. The van der Waals surface area contributed by atoms with Gasteiger partial charge >= 0.3 is 5.97 Å². The minimum absolute atomic E-state index is 0.0458. The van der Waals surface area contributed by atoms with Gasteiger partial charge in [-0.1, -0.05) is 34.1 Å². The van der Waals surface area contributed by atoms with Crippen LogP contribution in [-0.2, 0) is 16.1 Å². The number of hydrogen-bond donors (Lipinski definition) is 1. The highest BCUT2D eigenvalue weighted by Gasteiger charge is 2.35. The Labute approximate surface area is 126 Å². The largest absolute Gasteiger partial charge is 0.481 e. The Morgan fingerprint density at radius 1 is 1.30 bits per heavy atom. The number of benzene rings is 1. The first kappa shape index (κ1) is 15.0. The van der Waals surface area contributed by atoms with E-state index in [0.29, 0.717) is 25.8 Å². The van der Waals surface area contributed by atoms with Crippen LogP contribution >= 0.6 is 15.9 Å². The van der Waals surface area contributed by atoms with Crippen molar-refractivity contribution in [3.05, 3.63) is 34.3 Å². The highest BCUT2D eigenvalue weighted by molar-refractivity contribution is 9.10. The molecular weight excluding hydrogens is 322 g/mol. The van der Waals surface area contributed by atoms with Crippen LogP contribution in [0.15, 0.2) is 28.7 Å². The van der Waals surface area contributed by atoms with E-state index < -0.39 is 5.97 Å². The van der Waals surface area contributed by atoms with Crippen LogP contribution in [0.4, 0.5) is 0 Å². The average Bonchev–Trinajstić information content (AvgIpc) is 2.90. The van der Waals surface area contributed by atoms with E-state index in [1.807, 2.05) is 24.3 Å². The Morgan fingerprint density at radius 3 is 2.55 bits per heavy atom. The van der Waals surface area contributed by atoms with Gasteiger partial charge < -0.3 is 10.0 Å². The summed E-state index contributed by atoms with van der Waals surface area (Å²) in [5, 5.41) is 8.99. The van der Waals surface area contributed by atoms with Crippen LogP contribution in [0.25, 0.3) is 0 Å². The van der Waals surface area contributed by atoms with Gasteiger partial charge in [0.15, 0.2) is 0 Å². The molecule has 1 aromatic rings. The van der Waals surface area contributed by atoms with Crippen molar-refractivity contribution < 1.29 is 14.7 Å². The molecule has 0 aliphatic heterocycles. The van der Waals surface area contributed by atoms with Gasteiger partial charge in [0.25, 0.3) is 0 Å². The first-order chi connectivity index (χ1) is 9.49. The molecule has 1 amide bonds. The minimum atomic E-state index is -0.784. The Bertz CT molecular complexity index is 518. The number of carboxylic acid groups (broad SMARTS) is 1. The first-order valence-corrected chi connectivity index (χ1v) is 7.49. The third-order valence-corrected chi connectivity index (χ3v) is 4.65. The molecule has 1 aromatic carbocycles. The summed E-state index contributed by atoms with van der Waals surface area (Å²) in [6.45, 7) is 0.536. The van der Waals surface area contributed by atoms with Gasteiger partial charge in [0, 0.05) is 24.0 Å². The number of halogens is 1. The summed E-state index contributed by atoms with van der Waals surface area (Å²) in [6, 6.07) is 7.80. The number of rotatable bonds is 4. The van der Waals surface area contributed by atoms with Crippen LogP contribution in [0.2, 0.25) is 0 Å². The quantitative estimate of drug-likeness (QED) is 0.917. The van der Waals surface area contributed by atoms with Crippen molar-refractivity contribution in [3.8, 4) is 0 Å². The SMILES string of the molecule is CN(Cc1ccccc1Br)C(=O)C1CCC(C(=O)O)C1. The molecule has 0 spiro atoms. The maximum atomic E-state index is 12.3. The van der Waals surface area contributed by atoms with Gasteiger partial charge in [-0.2, -0.15) is 0 Å². The van der Waals surface area contributed by atoms with E-state index in [1.165, 1.54) is 0 Å². The van der Waals surface area contributed by atoms with Gasteiger partial charge in [-0.15, -0.1) is 0 Å². The second-order valence-electron chi connectivity index (χ2n) is 5.33. The summed E-state index contributed by atoms with van der Waals surface area (Å²) < 4.78 is 0.981. The maximum absolute atomic E-state index is 12.3. The van der Waals surface area contributed by atoms with E-state index >= 15 is 0 Å². The predicted molar refractivity (Wildman–Crippen MR) is 79.1 cm³/mol. The number of amides is 1. The molecule has 0 aromatic heterocycles. The first-order valence-electron chi connectivity index (χ1n) is 6.70. The van der Waals surface area contributed by atoms with Gasteiger partial charge in [-0.25, -0.2) is 0 Å². The van der Waals surface area contributed by atoms with Gasteiger partial charge in [0.1, 0.15) is 0 Å². The number of hydrogen-bond acceptors (Lipinski definition) is 2. The zero-order valence-electron chi connectivity index (χ0n) is 11.4. The lowest BCUT2D eigenvalue weighted by Gasteiger charge is -2.21. The topological polar surface area (TPSA) is 57.6 Å². The van der Waals surface area contributed by atoms with Crippen LogP contribution in [0.3, 0.4) is 0 Å². The molecule has 4 nitrogen and oxygen atoms in total. The highest BCUT2D eigenvalue weighted by Crippen LogP contribution is 2.32. The fourth-order valence-corrected chi connectivity index (χ4v) is 3.11. The zero-order valence-corrected chi connectivity index (χ0v) is 13.0. The van der Waals surface area contributed by atoms with Gasteiger partial charge in [-0.3, -0.25) is 9.59 Å². The minimum Gasteiger partial charge on any atom is -0.481 e. The van der Waals surface area contributed by atoms with E-state index in [4.69, 9.17) is 5.11 Å². The Hall–Kier alpha value is -1.36. The molecular formula is C15H18BrNO3. The summed E-state index contributed by atoms with van der Waals surface area (Å²) in [5.41, 5.74) is 1.05.